The van der Waals surface area contributed by atoms with Gasteiger partial charge in [-0.1, -0.05) is 0 Å². The third-order valence-corrected chi connectivity index (χ3v) is 6.13. The van der Waals surface area contributed by atoms with E-state index in [-0.39, 0.29) is 52.1 Å². The van der Waals surface area contributed by atoms with Gasteiger partial charge in [0.25, 0.3) is 5.56 Å². The van der Waals surface area contributed by atoms with Gasteiger partial charge in [-0.05, 0) is 19.9 Å². The number of anilines is 1. The lowest BCUT2D eigenvalue weighted by atomic mass is 10.2. The molecule has 0 spiro atoms. The Labute approximate surface area is 172 Å². The summed E-state index contributed by atoms with van der Waals surface area (Å²) in [5, 5.41) is 0.228. The van der Waals surface area contributed by atoms with Crippen molar-refractivity contribution in [1.29, 1.82) is 0 Å². The molecule has 0 radical (unpaired) electrons. The van der Waals surface area contributed by atoms with Crippen LogP contribution >= 0.6 is 0 Å². The van der Waals surface area contributed by atoms with Crippen molar-refractivity contribution in [3.63, 3.8) is 0 Å². The molecule has 3 aromatic heterocycles. The Morgan fingerprint density at radius 2 is 2.00 bits per heavy atom. The standard InChI is InChI=1S/C18H21N5O6S/c1-5-28-18(25)14-10(2)29-17-15(14)16(19)20-12(21-17)9-23-8-11(6-7-13(23)24)30(26,27)22(3)4/h6-8H,5,9H2,1-4H3,(H2,19,20,21). The molecule has 3 heterocycles. The van der Waals surface area contributed by atoms with E-state index in [0.29, 0.717) is 0 Å². The number of sulfonamides is 1. The van der Waals surface area contributed by atoms with E-state index in [4.69, 9.17) is 14.9 Å². The topological polar surface area (TPSA) is 151 Å². The number of hydrogen-bond donors (Lipinski definition) is 1. The quantitative estimate of drug-likeness (QED) is 0.553. The Morgan fingerprint density at radius 1 is 1.30 bits per heavy atom. The number of aromatic nitrogens is 3. The molecule has 0 aliphatic carbocycles. The van der Waals surface area contributed by atoms with Gasteiger partial charge in [-0.3, -0.25) is 4.79 Å². The molecular formula is C18H21N5O6S. The summed E-state index contributed by atoms with van der Waals surface area (Å²) in [6.07, 6.45) is 1.21. The second kappa shape index (κ2) is 7.88. The number of hydrogen-bond acceptors (Lipinski definition) is 9. The van der Waals surface area contributed by atoms with Gasteiger partial charge in [0, 0.05) is 26.4 Å². The van der Waals surface area contributed by atoms with Crippen molar-refractivity contribution in [2.45, 2.75) is 25.3 Å². The van der Waals surface area contributed by atoms with E-state index in [9.17, 15) is 18.0 Å². The predicted octanol–water partition coefficient (Wildman–Crippen LogP) is 0.750. The first-order valence-electron chi connectivity index (χ1n) is 8.91. The molecule has 0 aromatic carbocycles. The largest absolute Gasteiger partial charge is 0.462 e. The van der Waals surface area contributed by atoms with Crippen LogP contribution in [-0.4, -0.2) is 53.9 Å². The molecule has 0 amide bonds. The van der Waals surface area contributed by atoms with Gasteiger partial charge in [-0.25, -0.2) is 22.5 Å². The molecule has 0 bridgehead atoms. The summed E-state index contributed by atoms with van der Waals surface area (Å²) in [6, 6.07) is 2.38. The Morgan fingerprint density at radius 3 is 2.63 bits per heavy atom. The van der Waals surface area contributed by atoms with Crippen molar-refractivity contribution < 1.29 is 22.4 Å². The summed E-state index contributed by atoms with van der Waals surface area (Å²) in [5.41, 5.74) is 5.80. The van der Waals surface area contributed by atoms with E-state index in [1.54, 1.807) is 13.8 Å². The number of carbonyl (C=O) groups is 1. The molecular weight excluding hydrogens is 414 g/mol. The highest BCUT2D eigenvalue weighted by molar-refractivity contribution is 7.89. The van der Waals surface area contributed by atoms with Gasteiger partial charge >= 0.3 is 5.97 Å². The lowest BCUT2D eigenvalue weighted by Gasteiger charge is -2.13. The van der Waals surface area contributed by atoms with E-state index in [0.717, 1.165) is 14.9 Å². The van der Waals surface area contributed by atoms with Gasteiger partial charge in [0.15, 0.2) is 5.82 Å². The number of esters is 1. The van der Waals surface area contributed by atoms with Crippen molar-refractivity contribution in [2.75, 3.05) is 26.4 Å². The minimum Gasteiger partial charge on any atom is -0.462 e. The number of furan rings is 1. The number of ether oxygens (including phenoxy) is 1. The maximum Gasteiger partial charge on any atom is 0.342 e. The van der Waals surface area contributed by atoms with Crippen molar-refractivity contribution in [3.8, 4) is 0 Å². The number of pyridine rings is 1. The fraction of sp³-hybridized carbons (Fsp3) is 0.333. The molecule has 160 valence electrons. The van der Waals surface area contributed by atoms with Crippen LogP contribution in [0.1, 0.15) is 28.9 Å². The number of rotatable bonds is 6. The second-order valence-electron chi connectivity index (χ2n) is 6.58. The molecule has 12 heteroatoms. The first kappa shape index (κ1) is 21.5. The summed E-state index contributed by atoms with van der Waals surface area (Å²) in [5.74, 6) is -0.224. The number of carbonyl (C=O) groups excluding carboxylic acids is 1. The lowest BCUT2D eigenvalue weighted by molar-refractivity contribution is 0.0526. The van der Waals surface area contributed by atoms with E-state index < -0.39 is 21.6 Å². The first-order chi connectivity index (χ1) is 14.1. The highest BCUT2D eigenvalue weighted by atomic mass is 32.2. The zero-order chi connectivity index (χ0) is 22.2. The van der Waals surface area contributed by atoms with Crippen molar-refractivity contribution >= 4 is 32.9 Å². The van der Waals surface area contributed by atoms with E-state index in [2.05, 4.69) is 9.97 Å². The Hall–Kier alpha value is -3.25. The van der Waals surface area contributed by atoms with Crippen LogP contribution in [-0.2, 0) is 21.3 Å². The SMILES string of the molecule is CCOC(=O)c1c(C)oc2nc(Cn3cc(S(=O)(=O)N(C)C)ccc3=O)nc(N)c12. The van der Waals surface area contributed by atoms with Crippen LogP contribution in [0.4, 0.5) is 5.82 Å². The van der Waals surface area contributed by atoms with Crippen molar-refractivity contribution in [3.05, 3.63) is 45.8 Å². The van der Waals surface area contributed by atoms with Gasteiger partial charge in [-0.15, -0.1) is 0 Å². The lowest BCUT2D eigenvalue weighted by Crippen LogP contribution is -2.26. The minimum absolute atomic E-state index is 0.0139. The molecule has 3 aromatic rings. The summed E-state index contributed by atoms with van der Waals surface area (Å²) in [7, 11) is -0.947. The zero-order valence-corrected chi connectivity index (χ0v) is 17.7. The Bertz CT molecular complexity index is 1290. The fourth-order valence-corrected chi connectivity index (χ4v) is 3.77. The number of nitrogen functional groups attached to an aromatic ring is 1. The Kier molecular flexibility index (Phi) is 5.63. The van der Waals surface area contributed by atoms with Crippen LogP contribution in [0.5, 0.6) is 0 Å². The summed E-state index contributed by atoms with van der Waals surface area (Å²) < 4.78 is 37.4. The number of nitrogens with zero attached hydrogens (tertiary/aromatic N) is 4. The molecule has 0 atom stereocenters. The normalized spacial score (nSPS) is 11.9. The van der Waals surface area contributed by atoms with Gasteiger partial charge in [0.1, 0.15) is 17.1 Å². The third kappa shape index (κ3) is 3.78. The maximum atomic E-state index is 12.3. The fourth-order valence-electron chi connectivity index (χ4n) is 2.85. The molecule has 0 unspecified atom stereocenters. The molecule has 2 N–H and O–H groups in total. The minimum atomic E-state index is -3.73. The Balaban J connectivity index is 2.06. The van der Waals surface area contributed by atoms with Gasteiger partial charge in [0.2, 0.25) is 15.7 Å². The number of nitrogens with two attached hydrogens (primary N) is 1. The molecule has 3 rings (SSSR count). The van der Waals surface area contributed by atoms with Crippen LogP contribution < -0.4 is 11.3 Å². The third-order valence-electron chi connectivity index (χ3n) is 4.33. The smallest absolute Gasteiger partial charge is 0.342 e. The maximum absolute atomic E-state index is 12.3. The van der Waals surface area contributed by atoms with Gasteiger partial charge in [0.05, 0.1) is 23.4 Å². The van der Waals surface area contributed by atoms with Crippen LogP contribution in [0.2, 0.25) is 0 Å². The van der Waals surface area contributed by atoms with Gasteiger partial charge in [-0.2, -0.15) is 4.98 Å². The monoisotopic (exact) mass is 435 g/mol. The summed E-state index contributed by atoms with van der Waals surface area (Å²) in [6.45, 7) is 3.28. The molecule has 30 heavy (non-hydrogen) atoms. The van der Waals surface area contributed by atoms with Crippen molar-refractivity contribution in [1.82, 2.24) is 18.8 Å². The zero-order valence-electron chi connectivity index (χ0n) is 16.9. The van der Waals surface area contributed by atoms with E-state index in [1.807, 2.05) is 0 Å². The van der Waals surface area contributed by atoms with Crippen LogP contribution in [0, 0.1) is 6.92 Å². The van der Waals surface area contributed by atoms with Crippen LogP contribution in [0.3, 0.4) is 0 Å². The van der Waals surface area contributed by atoms with Crippen LogP contribution in [0.15, 0.2) is 32.4 Å². The molecule has 0 fully saturated rings. The molecule has 0 saturated carbocycles. The van der Waals surface area contributed by atoms with Gasteiger partial charge < -0.3 is 19.5 Å². The summed E-state index contributed by atoms with van der Waals surface area (Å²) in [4.78, 5) is 32.8. The van der Waals surface area contributed by atoms with Crippen molar-refractivity contribution in [2.24, 2.45) is 0 Å². The van der Waals surface area contributed by atoms with E-state index >= 15 is 0 Å². The average Bonchev–Trinajstić information content (AvgIpc) is 2.99. The average molecular weight is 435 g/mol. The van der Waals surface area contributed by atoms with E-state index in [1.165, 1.54) is 26.4 Å². The highest BCUT2D eigenvalue weighted by Crippen LogP contribution is 2.29. The second-order valence-corrected chi connectivity index (χ2v) is 8.73. The first-order valence-corrected chi connectivity index (χ1v) is 10.4. The number of fused-ring (bicyclic) bond motifs is 1. The molecule has 0 saturated heterocycles. The molecule has 0 aliphatic heterocycles. The van der Waals surface area contributed by atoms with Crippen LogP contribution in [0.25, 0.3) is 11.1 Å². The number of aryl methyl sites for hydroxylation is 1. The summed E-state index contributed by atoms with van der Waals surface area (Å²) >= 11 is 0. The molecule has 11 nitrogen and oxygen atoms in total. The molecule has 0 aliphatic rings. The highest BCUT2D eigenvalue weighted by Gasteiger charge is 2.24. The predicted molar refractivity (Wildman–Crippen MR) is 108 cm³/mol.